The summed E-state index contributed by atoms with van der Waals surface area (Å²) in [6.45, 7) is 4.98. The maximum atomic E-state index is 12.4. The summed E-state index contributed by atoms with van der Waals surface area (Å²) in [6, 6.07) is 8.86. The minimum absolute atomic E-state index is 0.141. The summed E-state index contributed by atoms with van der Waals surface area (Å²) in [7, 11) is 0. The number of carbonyl (C=O) groups is 1. The Morgan fingerprint density at radius 1 is 1.37 bits per heavy atom. The first-order valence-electron chi connectivity index (χ1n) is 8.46. The maximum Gasteiger partial charge on any atom is 0.271 e. The van der Waals surface area contributed by atoms with Crippen LogP contribution in [0, 0.1) is 6.92 Å². The Morgan fingerprint density at radius 3 is 3.04 bits per heavy atom. The summed E-state index contributed by atoms with van der Waals surface area (Å²) in [5.41, 5.74) is 5.49. The van der Waals surface area contributed by atoms with Crippen molar-refractivity contribution in [3.05, 3.63) is 52.3 Å². The van der Waals surface area contributed by atoms with E-state index in [1.807, 2.05) is 13.0 Å². The average molecular weight is 385 g/mol. The van der Waals surface area contributed by atoms with Crippen LogP contribution in [-0.4, -0.2) is 28.5 Å². The largest absolute Gasteiger partial charge is 0.454 e. The second-order valence-electron chi connectivity index (χ2n) is 6.04. The molecule has 2 heterocycles. The predicted molar refractivity (Wildman–Crippen MR) is 103 cm³/mol. The van der Waals surface area contributed by atoms with Gasteiger partial charge in [0, 0.05) is 12.1 Å². The number of imidazole rings is 1. The number of amides is 1. The van der Waals surface area contributed by atoms with E-state index in [1.165, 1.54) is 6.21 Å². The molecule has 1 aliphatic heterocycles. The van der Waals surface area contributed by atoms with Crippen LogP contribution >= 0.6 is 11.6 Å². The highest BCUT2D eigenvalue weighted by Gasteiger charge is 2.17. The monoisotopic (exact) mass is 384 g/mol. The van der Waals surface area contributed by atoms with E-state index in [0.717, 1.165) is 23.4 Å². The molecule has 1 aromatic heterocycles. The van der Waals surface area contributed by atoms with Crippen molar-refractivity contribution in [3.8, 4) is 11.5 Å². The van der Waals surface area contributed by atoms with Gasteiger partial charge in [-0.25, -0.2) is 10.4 Å². The summed E-state index contributed by atoms with van der Waals surface area (Å²) in [4.78, 5) is 16.9. The molecule has 0 saturated heterocycles. The summed E-state index contributed by atoms with van der Waals surface area (Å²) < 4.78 is 12.7. The number of benzene rings is 2. The molecular weight excluding hydrogens is 368 g/mol. The number of halogens is 1. The molecule has 0 saturated carbocycles. The van der Waals surface area contributed by atoms with Gasteiger partial charge in [0.1, 0.15) is 5.82 Å². The molecule has 0 bridgehead atoms. The number of rotatable bonds is 4. The van der Waals surface area contributed by atoms with Gasteiger partial charge in [0.25, 0.3) is 5.91 Å². The van der Waals surface area contributed by atoms with Crippen molar-refractivity contribution in [1.29, 1.82) is 0 Å². The lowest BCUT2D eigenvalue weighted by Crippen LogP contribution is -2.17. The lowest BCUT2D eigenvalue weighted by atomic mass is 10.2. The minimum Gasteiger partial charge on any atom is -0.454 e. The highest BCUT2D eigenvalue weighted by molar-refractivity contribution is 6.32. The summed E-state index contributed by atoms with van der Waals surface area (Å²) in [6.07, 6.45) is 1.50. The zero-order valence-corrected chi connectivity index (χ0v) is 15.6. The fourth-order valence-electron chi connectivity index (χ4n) is 3.08. The van der Waals surface area contributed by atoms with Crippen molar-refractivity contribution in [1.82, 2.24) is 15.0 Å². The molecule has 0 fully saturated rings. The van der Waals surface area contributed by atoms with Crippen LogP contribution < -0.4 is 14.9 Å². The van der Waals surface area contributed by atoms with Crippen molar-refractivity contribution in [3.63, 3.8) is 0 Å². The van der Waals surface area contributed by atoms with Crippen LogP contribution in [0.3, 0.4) is 0 Å². The predicted octanol–water partition coefficient (Wildman–Crippen LogP) is 3.51. The van der Waals surface area contributed by atoms with E-state index in [2.05, 4.69) is 27.0 Å². The van der Waals surface area contributed by atoms with Gasteiger partial charge < -0.3 is 14.0 Å². The summed E-state index contributed by atoms with van der Waals surface area (Å²) >= 11 is 6.13. The Kier molecular flexibility index (Phi) is 4.45. The van der Waals surface area contributed by atoms with Crippen LogP contribution in [0.4, 0.5) is 0 Å². The first-order valence-corrected chi connectivity index (χ1v) is 8.84. The van der Waals surface area contributed by atoms with Gasteiger partial charge in [0.05, 0.1) is 22.3 Å². The zero-order valence-electron chi connectivity index (χ0n) is 14.8. The zero-order chi connectivity index (χ0) is 19.0. The molecule has 0 spiro atoms. The number of ether oxygens (including phenoxy) is 2. The van der Waals surface area contributed by atoms with Gasteiger partial charge in [0.15, 0.2) is 11.5 Å². The molecule has 2 aromatic carbocycles. The van der Waals surface area contributed by atoms with Crippen molar-refractivity contribution in [2.45, 2.75) is 20.4 Å². The standard InChI is InChI=1S/C19H17ClN4O3/c1-3-24-11(2)22-15-8-13(4-5-16(15)24)19(25)23-21-9-12-6-14(20)18-17(7-12)26-10-27-18/h4-9H,3,10H2,1-2H3,(H,23,25)/b21-9-. The van der Waals surface area contributed by atoms with Gasteiger partial charge in [-0.2, -0.15) is 5.10 Å². The van der Waals surface area contributed by atoms with Crippen molar-refractivity contribution < 1.29 is 14.3 Å². The van der Waals surface area contributed by atoms with Gasteiger partial charge in [-0.05, 0) is 49.7 Å². The van der Waals surface area contributed by atoms with Crippen molar-refractivity contribution >= 4 is 34.8 Å². The lowest BCUT2D eigenvalue weighted by molar-refractivity contribution is 0.0955. The first kappa shape index (κ1) is 17.4. The molecule has 8 heteroatoms. The number of nitrogens with one attached hydrogen (secondary N) is 1. The molecule has 7 nitrogen and oxygen atoms in total. The molecule has 1 N–H and O–H groups in total. The molecule has 3 aromatic rings. The van der Waals surface area contributed by atoms with Gasteiger partial charge >= 0.3 is 0 Å². The number of aryl methyl sites for hydroxylation is 2. The average Bonchev–Trinajstić information content (AvgIpc) is 3.24. The smallest absolute Gasteiger partial charge is 0.271 e. The molecule has 4 rings (SSSR count). The lowest BCUT2D eigenvalue weighted by Gasteiger charge is -2.03. The third-order valence-corrected chi connectivity index (χ3v) is 4.63. The molecule has 0 aliphatic carbocycles. The van der Waals surface area contributed by atoms with E-state index in [0.29, 0.717) is 27.6 Å². The molecule has 1 amide bonds. The van der Waals surface area contributed by atoms with Crippen LogP contribution in [0.25, 0.3) is 11.0 Å². The third-order valence-electron chi connectivity index (χ3n) is 4.35. The van der Waals surface area contributed by atoms with Crippen LogP contribution in [0.1, 0.15) is 28.7 Å². The Bertz CT molecular complexity index is 1070. The highest BCUT2D eigenvalue weighted by Crippen LogP contribution is 2.39. The fourth-order valence-corrected chi connectivity index (χ4v) is 3.36. The molecule has 0 atom stereocenters. The molecule has 1 aliphatic rings. The van der Waals surface area contributed by atoms with Crippen LogP contribution in [0.15, 0.2) is 35.4 Å². The van der Waals surface area contributed by atoms with Crippen LogP contribution in [0.2, 0.25) is 5.02 Å². The van der Waals surface area contributed by atoms with Crippen molar-refractivity contribution in [2.24, 2.45) is 5.10 Å². The van der Waals surface area contributed by atoms with Crippen molar-refractivity contribution in [2.75, 3.05) is 6.79 Å². The highest BCUT2D eigenvalue weighted by atomic mass is 35.5. The van der Waals surface area contributed by atoms with Gasteiger partial charge in [0.2, 0.25) is 6.79 Å². The molecule has 138 valence electrons. The second-order valence-corrected chi connectivity index (χ2v) is 6.45. The Morgan fingerprint density at radius 2 is 2.22 bits per heavy atom. The topological polar surface area (TPSA) is 77.7 Å². The molecular formula is C19H17ClN4O3. The molecule has 27 heavy (non-hydrogen) atoms. The number of hydrogen-bond acceptors (Lipinski definition) is 5. The van der Waals surface area contributed by atoms with E-state index >= 15 is 0 Å². The first-order chi connectivity index (χ1) is 13.1. The number of carbonyl (C=O) groups excluding carboxylic acids is 1. The van der Waals surface area contributed by atoms with E-state index < -0.39 is 0 Å². The van der Waals surface area contributed by atoms with E-state index in [4.69, 9.17) is 21.1 Å². The third kappa shape index (κ3) is 3.21. The SMILES string of the molecule is CCn1c(C)nc2cc(C(=O)N/N=C\c3cc(Cl)c4c(c3)OCO4)ccc21. The number of nitrogens with zero attached hydrogens (tertiary/aromatic N) is 3. The fraction of sp³-hybridized carbons (Fsp3) is 0.211. The normalized spacial score (nSPS) is 12.9. The molecule has 0 radical (unpaired) electrons. The Labute approximate surface area is 160 Å². The van der Waals surface area contributed by atoms with Gasteiger partial charge in [-0.1, -0.05) is 11.6 Å². The Balaban J connectivity index is 1.50. The maximum absolute atomic E-state index is 12.4. The summed E-state index contributed by atoms with van der Waals surface area (Å²) in [5.74, 6) is 1.68. The van der Waals surface area contributed by atoms with E-state index in [1.54, 1.807) is 24.3 Å². The number of hydrazone groups is 1. The van der Waals surface area contributed by atoms with E-state index in [-0.39, 0.29) is 12.7 Å². The van der Waals surface area contributed by atoms with Crippen LogP contribution in [0.5, 0.6) is 11.5 Å². The second kappa shape index (κ2) is 6.92. The van der Waals surface area contributed by atoms with Gasteiger partial charge in [-0.3, -0.25) is 4.79 Å². The van der Waals surface area contributed by atoms with E-state index in [9.17, 15) is 4.79 Å². The number of hydrogen-bond donors (Lipinski definition) is 1. The number of aromatic nitrogens is 2. The molecule has 0 unspecified atom stereocenters. The minimum atomic E-state index is -0.316. The van der Waals surface area contributed by atoms with Crippen LogP contribution in [-0.2, 0) is 6.54 Å². The number of fused-ring (bicyclic) bond motifs is 2. The quantitative estimate of drug-likeness (QED) is 0.551. The van der Waals surface area contributed by atoms with Gasteiger partial charge in [-0.15, -0.1) is 0 Å². The summed E-state index contributed by atoms with van der Waals surface area (Å²) in [5, 5.41) is 4.43. The Hall–Kier alpha value is -3.06.